The Morgan fingerprint density at radius 2 is 2.00 bits per heavy atom. The molecule has 1 heterocycles. The van der Waals surface area contributed by atoms with Crippen LogP contribution in [0.1, 0.15) is 0 Å². The highest BCUT2D eigenvalue weighted by atomic mass is 32.2. The summed E-state index contributed by atoms with van der Waals surface area (Å²) in [6, 6.07) is 0. The molecule has 7 heteroatoms. The lowest BCUT2D eigenvalue weighted by atomic mass is 11.0. The summed E-state index contributed by atoms with van der Waals surface area (Å²) < 4.78 is 28.9. The fourth-order valence-electron chi connectivity index (χ4n) is 0.738. The summed E-state index contributed by atoms with van der Waals surface area (Å²) in [5.41, 5.74) is 0. The first-order valence-corrected chi connectivity index (χ1v) is 8.53. The molecule has 0 aliphatic carbocycles. The van der Waals surface area contributed by atoms with Gasteiger partial charge in [-0.05, 0) is 19.6 Å². The second-order valence-electron chi connectivity index (χ2n) is 3.55. The van der Waals surface area contributed by atoms with Gasteiger partial charge in [-0.1, -0.05) is 0 Å². The van der Waals surface area contributed by atoms with Crippen molar-refractivity contribution in [3.05, 3.63) is 18.7 Å². The van der Waals surface area contributed by atoms with E-state index in [-0.39, 0.29) is 0 Å². The fraction of sp³-hybridized carbons (Fsp3) is 0.500. The van der Waals surface area contributed by atoms with Crippen LogP contribution in [-0.2, 0) is 14.2 Å². The molecule has 1 rings (SSSR count). The Bertz CT molecular complexity index is 365. The predicted octanol–water partition coefficient (Wildman–Crippen LogP) is 0.828. The summed E-state index contributed by atoms with van der Waals surface area (Å²) in [5.74, 6) is 0. The van der Waals surface area contributed by atoms with Crippen molar-refractivity contribution in [3.8, 4) is 0 Å². The highest BCUT2D eigenvalue weighted by Crippen LogP contribution is 2.09. The van der Waals surface area contributed by atoms with E-state index in [4.69, 9.17) is 3.87 Å². The monoisotopic (exact) mass is 220 g/mol. The van der Waals surface area contributed by atoms with Gasteiger partial charge in [-0.25, -0.2) is 8.96 Å². The first kappa shape index (κ1) is 10.4. The van der Waals surface area contributed by atoms with Gasteiger partial charge in [0, 0.05) is 12.4 Å². The van der Waals surface area contributed by atoms with Crippen LogP contribution in [0.15, 0.2) is 18.7 Å². The zero-order valence-corrected chi connectivity index (χ0v) is 9.58. The fourth-order valence-corrected chi connectivity index (χ4v) is 3.98. The largest absolute Gasteiger partial charge is 0.357 e. The van der Waals surface area contributed by atoms with E-state index < -0.39 is 18.6 Å². The van der Waals surface area contributed by atoms with Crippen molar-refractivity contribution >= 4 is 18.6 Å². The molecule has 74 valence electrons. The SMILES string of the molecule is C[Si](C)(C)OS(=O)(=O)n1ccnc1. The summed E-state index contributed by atoms with van der Waals surface area (Å²) in [6.07, 6.45) is 3.94. The summed E-state index contributed by atoms with van der Waals surface area (Å²) in [7, 11) is -5.74. The Morgan fingerprint density at radius 3 is 2.38 bits per heavy atom. The van der Waals surface area contributed by atoms with Crippen LogP contribution < -0.4 is 0 Å². The van der Waals surface area contributed by atoms with E-state index in [0.29, 0.717) is 0 Å². The normalized spacial score (nSPS) is 13.2. The molecule has 0 saturated carbocycles. The van der Waals surface area contributed by atoms with Crippen molar-refractivity contribution < 1.29 is 12.3 Å². The highest BCUT2D eigenvalue weighted by molar-refractivity contribution is 7.86. The Hall–Kier alpha value is -0.663. The molecule has 0 N–H and O–H groups in total. The summed E-state index contributed by atoms with van der Waals surface area (Å²) in [6.45, 7) is 5.42. The van der Waals surface area contributed by atoms with E-state index in [1.54, 1.807) is 0 Å². The van der Waals surface area contributed by atoms with Gasteiger partial charge >= 0.3 is 10.3 Å². The molecule has 0 aliphatic heterocycles. The van der Waals surface area contributed by atoms with Crippen molar-refractivity contribution in [3.63, 3.8) is 0 Å². The van der Waals surface area contributed by atoms with Gasteiger partial charge in [0.25, 0.3) is 0 Å². The van der Waals surface area contributed by atoms with Gasteiger partial charge in [0.1, 0.15) is 6.33 Å². The zero-order chi connectivity index (χ0) is 10.1. The zero-order valence-electron chi connectivity index (χ0n) is 7.76. The number of hydrogen-bond acceptors (Lipinski definition) is 4. The maximum Gasteiger partial charge on any atom is 0.357 e. The molecule has 0 saturated heterocycles. The number of imidazole rings is 1. The predicted molar refractivity (Wildman–Crippen MR) is 51.0 cm³/mol. The van der Waals surface area contributed by atoms with Crippen LogP contribution >= 0.6 is 0 Å². The molecule has 1 aromatic heterocycles. The van der Waals surface area contributed by atoms with Crippen LogP contribution in [0.5, 0.6) is 0 Å². The first-order valence-electron chi connectivity index (χ1n) is 3.75. The first-order chi connectivity index (χ1) is 5.81. The lowest BCUT2D eigenvalue weighted by Gasteiger charge is -2.16. The van der Waals surface area contributed by atoms with Crippen molar-refractivity contribution in [1.82, 2.24) is 8.96 Å². The van der Waals surface area contributed by atoms with Crippen LogP contribution in [0.2, 0.25) is 19.6 Å². The Balaban J connectivity index is 2.93. The molecule has 5 nitrogen and oxygen atoms in total. The van der Waals surface area contributed by atoms with E-state index in [1.165, 1.54) is 18.7 Å². The minimum atomic E-state index is -3.66. The third kappa shape index (κ3) is 2.94. The number of aromatic nitrogens is 2. The third-order valence-electron chi connectivity index (χ3n) is 1.09. The Kier molecular flexibility index (Phi) is 2.60. The van der Waals surface area contributed by atoms with Crippen molar-refractivity contribution in [2.24, 2.45) is 0 Å². The molecule has 0 spiro atoms. The van der Waals surface area contributed by atoms with E-state index in [2.05, 4.69) is 4.98 Å². The molecular formula is C6H12N2O3SSi. The van der Waals surface area contributed by atoms with Crippen LogP contribution in [0, 0.1) is 0 Å². The lowest BCUT2D eigenvalue weighted by Crippen LogP contribution is -2.31. The average Bonchev–Trinajstić information content (AvgIpc) is 2.29. The quantitative estimate of drug-likeness (QED) is 0.708. The minimum Gasteiger partial charge on any atom is -0.299 e. The van der Waals surface area contributed by atoms with Gasteiger partial charge in [-0.2, -0.15) is 8.42 Å². The van der Waals surface area contributed by atoms with E-state index in [1.807, 2.05) is 19.6 Å². The molecule has 1 aromatic rings. The second-order valence-corrected chi connectivity index (χ2v) is 9.71. The van der Waals surface area contributed by atoms with Gasteiger partial charge in [0.2, 0.25) is 8.32 Å². The van der Waals surface area contributed by atoms with E-state index in [0.717, 1.165) is 3.97 Å². The molecule has 0 amide bonds. The van der Waals surface area contributed by atoms with E-state index in [9.17, 15) is 8.42 Å². The molecular weight excluding hydrogens is 208 g/mol. The minimum absolute atomic E-state index is 0.964. The Morgan fingerprint density at radius 1 is 1.38 bits per heavy atom. The molecule has 0 atom stereocenters. The molecule has 0 fully saturated rings. The van der Waals surface area contributed by atoms with Gasteiger partial charge in [0.05, 0.1) is 0 Å². The second kappa shape index (κ2) is 3.24. The smallest absolute Gasteiger partial charge is 0.299 e. The molecule has 0 bridgehead atoms. The number of hydrogen-bond donors (Lipinski definition) is 0. The van der Waals surface area contributed by atoms with Crippen molar-refractivity contribution in [1.29, 1.82) is 0 Å². The molecule has 0 aliphatic rings. The molecule has 13 heavy (non-hydrogen) atoms. The van der Waals surface area contributed by atoms with Gasteiger partial charge in [-0.3, -0.25) is 3.87 Å². The molecule has 0 aromatic carbocycles. The molecule has 0 unspecified atom stereocenters. The Labute approximate surface area is 78.8 Å². The summed E-state index contributed by atoms with van der Waals surface area (Å²) in [4.78, 5) is 3.64. The molecule has 0 radical (unpaired) electrons. The van der Waals surface area contributed by atoms with Crippen LogP contribution in [0.3, 0.4) is 0 Å². The topological polar surface area (TPSA) is 61.2 Å². The van der Waals surface area contributed by atoms with Gasteiger partial charge in [0.15, 0.2) is 0 Å². The lowest BCUT2D eigenvalue weighted by molar-refractivity contribution is 0.475. The number of rotatable bonds is 3. The average molecular weight is 220 g/mol. The maximum atomic E-state index is 11.4. The standard InChI is InChI=1S/C6H12N2O3SSi/c1-13(2,3)11-12(9,10)8-5-4-7-6-8/h4-6H,1-3H3. The van der Waals surface area contributed by atoms with Crippen molar-refractivity contribution in [2.45, 2.75) is 19.6 Å². The van der Waals surface area contributed by atoms with Gasteiger partial charge < -0.3 is 0 Å². The van der Waals surface area contributed by atoms with Crippen LogP contribution in [0.25, 0.3) is 0 Å². The summed E-state index contributed by atoms with van der Waals surface area (Å²) >= 11 is 0. The third-order valence-corrected chi connectivity index (χ3v) is 4.67. The van der Waals surface area contributed by atoms with Crippen LogP contribution in [-0.4, -0.2) is 25.7 Å². The van der Waals surface area contributed by atoms with E-state index >= 15 is 0 Å². The van der Waals surface area contributed by atoms with Gasteiger partial charge in [-0.15, -0.1) is 0 Å². The highest BCUT2D eigenvalue weighted by Gasteiger charge is 2.25. The maximum absolute atomic E-state index is 11.4. The number of nitrogens with zero attached hydrogens (tertiary/aromatic N) is 2. The summed E-state index contributed by atoms with van der Waals surface area (Å²) in [5, 5.41) is 0. The van der Waals surface area contributed by atoms with Crippen LogP contribution in [0.4, 0.5) is 0 Å². The van der Waals surface area contributed by atoms with Crippen molar-refractivity contribution in [2.75, 3.05) is 0 Å².